The molecule has 4 rings (SSSR count). The average Bonchev–Trinajstić information content (AvgIpc) is 2.86. The first kappa shape index (κ1) is 22.7. The van der Waals surface area contributed by atoms with Gasteiger partial charge in [0.2, 0.25) is 0 Å². The van der Waals surface area contributed by atoms with Crippen LogP contribution in [0.3, 0.4) is 0 Å². The Balaban J connectivity index is 1.58. The SMILES string of the molecule is NC(=O)c1nc(Cc2cccc(C(=O)N(Cc3ccccc3)Cc3ccccc3)c2)cnc1N. The second-order valence-electron chi connectivity index (χ2n) is 7.97. The molecule has 0 saturated heterocycles. The van der Waals surface area contributed by atoms with Gasteiger partial charge >= 0.3 is 0 Å². The lowest BCUT2D eigenvalue weighted by molar-refractivity contribution is 0.0729. The Bertz CT molecular complexity index is 1250. The maximum atomic E-state index is 13.6. The van der Waals surface area contributed by atoms with Gasteiger partial charge in [0.05, 0.1) is 11.9 Å². The van der Waals surface area contributed by atoms with E-state index in [9.17, 15) is 9.59 Å². The zero-order valence-corrected chi connectivity index (χ0v) is 18.6. The molecular formula is C27H25N5O2. The maximum Gasteiger partial charge on any atom is 0.271 e. The predicted molar refractivity (Wildman–Crippen MR) is 131 cm³/mol. The van der Waals surface area contributed by atoms with Crippen LogP contribution in [0.25, 0.3) is 0 Å². The van der Waals surface area contributed by atoms with Gasteiger partial charge in [0, 0.05) is 25.1 Å². The van der Waals surface area contributed by atoms with Crippen molar-refractivity contribution in [2.45, 2.75) is 19.5 Å². The zero-order chi connectivity index (χ0) is 23.9. The minimum Gasteiger partial charge on any atom is -0.382 e. The van der Waals surface area contributed by atoms with Crippen LogP contribution in [-0.4, -0.2) is 26.7 Å². The summed E-state index contributed by atoms with van der Waals surface area (Å²) in [6, 6.07) is 27.2. The first-order valence-electron chi connectivity index (χ1n) is 10.9. The second kappa shape index (κ2) is 10.4. The van der Waals surface area contributed by atoms with Crippen molar-refractivity contribution in [3.63, 3.8) is 0 Å². The second-order valence-corrected chi connectivity index (χ2v) is 7.97. The number of hydrogen-bond donors (Lipinski definition) is 2. The summed E-state index contributed by atoms with van der Waals surface area (Å²) < 4.78 is 0. The van der Waals surface area contributed by atoms with Crippen LogP contribution >= 0.6 is 0 Å². The number of nitrogens with zero attached hydrogens (tertiary/aromatic N) is 3. The third-order valence-electron chi connectivity index (χ3n) is 5.36. The minimum atomic E-state index is -0.728. The van der Waals surface area contributed by atoms with Crippen molar-refractivity contribution in [1.82, 2.24) is 14.9 Å². The van der Waals surface area contributed by atoms with Gasteiger partial charge in [0.1, 0.15) is 0 Å². The lowest BCUT2D eigenvalue weighted by atomic mass is 10.0. The third-order valence-corrected chi connectivity index (χ3v) is 5.36. The largest absolute Gasteiger partial charge is 0.382 e. The number of rotatable bonds is 8. The molecule has 0 radical (unpaired) electrons. The number of aromatic nitrogens is 2. The summed E-state index contributed by atoms with van der Waals surface area (Å²) in [5.41, 5.74) is 15.0. The molecular weight excluding hydrogens is 426 g/mol. The molecule has 1 heterocycles. The van der Waals surface area contributed by atoms with Crippen molar-refractivity contribution < 1.29 is 9.59 Å². The van der Waals surface area contributed by atoms with Crippen LogP contribution < -0.4 is 11.5 Å². The van der Waals surface area contributed by atoms with Crippen molar-refractivity contribution in [2.24, 2.45) is 5.73 Å². The molecule has 2 amide bonds. The Morgan fingerprint density at radius 1 is 0.794 bits per heavy atom. The van der Waals surface area contributed by atoms with E-state index in [1.54, 1.807) is 6.07 Å². The van der Waals surface area contributed by atoms with Gasteiger partial charge in [-0.15, -0.1) is 0 Å². The number of nitrogens with two attached hydrogens (primary N) is 2. The van der Waals surface area contributed by atoms with Gasteiger partial charge in [-0.05, 0) is 28.8 Å². The Kier molecular flexibility index (Phi) is 6.93. The van der Waals surface area contributed by atoms with Crippen molar-refractivity contribution in [2.75, 3.05) is 5.73 Å². The summed E-state index contributed by atoms with van der Waals surface area (Å²) in [6.07, 6.45) is 1.89. The number of carbonyl (C=O) groups excluding carboxylic acids is 2. The Morgan fingerprint density at radius 3 is 1.97 bits per heavy atom. The summed E-state index contributed by atoms with van der Waals surface area (Å²) in [5.74, 6) is -0.804. The van der Waals surface area contributed by atoms with Crippen molar-refractivity contribution in [3.05, 3.63) is 125 Å². The Labute approximate surface area is 198 Å². The predicted octanol–water partition coefficient (Wildman–Crippen LogP) is 3.59. The van der Waals surface area contributed by atoms with E-state index in [1.807, 2.05) is 83.8 Å². The third kappa shape index (κ3) is 5.63. The smallest absolute Gasteiger partial charge is 0.271 e. The lowest BCUT2D eigenvalue weighted by Crippen LogP contribution is -2.30. The van der Waals surface area contributed by atoms with Gasteiger partial charge in [-0.25, -0.2) is 9.97 Å². The number of primary amides is 1. The van der Waals surface area contributed by atoms with Crippen LogP contribution in [0.2, 0.25) is 0 Å². The minimum absolute atomic E-state index is 0.00218. The van der Waals surface area contributed by atoms with E-state index in [0.29, 0.717) is 30.8 Å². The first-order chi connectivity index (χ1) is 16.5. The highest BCUT2D eigenvalue weighted by atomic mass is 16.2. The summed E-state index contributed by atoms with van der Waals surface area (Å²) in [6.45, 7) is 0.981. The number of carbonyl (C=O) groups is 2. The van der Waals surface area contributed by atoms with Gasteiger partial charge in [0.15, 0.2) is 11.5 Å². The molecule has 0 saturated carbocycles. The monoisotopic (exact) mass is 451 g/mol. The van der Waals surface area contributed by atoms with Gasteiger partial charge < -0.3 is 16.4 Å². The quantitative estimate of drug-likeness (QED) is 0.425. The summed E-state index contributed by atoms with van der Waals surface area (Å²) in [7, 11) is 0. The van der Waals surface area contributed by atoms with Crippen LogP contribution in [0.5, 0.6) is 0 Å². The molecule has 7 heteroatoms. The highest BCUT2D eigenvalue weighted by Gasteiger charge is 2.18. The number of hydrogen-bond acceptors (Lipinski definition) is 5. The number of amides is 2. The molecule has 4 N–H and O–H groups in total. The average molecular weight is 452 g/mol. The zero-order valence-electron chi connectivity index (χ0n) is 18.6. The fourth-order valence-electron chi connectivity index (χ4n) is 3.71. The van der Waals surface area contributed by atoms with E-state index in [4.69, 9.17) is 11.5 Å². The summed E-state index contributed by atoms with van der Waals surface area (Å²) in [5, 5.41) is 0. The Morgan fingerprint density at radius 2 is 1.38 bits per heavy atom. The van der Waals surface area contributed by atoms with Gasteiger partial charge in [0.25, 0.3) is 11.8 Å². The molecule has 0 unspecified atom stereocenters. The molecule has 170 valence electrons. The van der Waals surface area contributed by atoms with Crippen LogP contribution in [0.4, 0.5) is 5.82 Å². The standard InChI is InChI=1S/C27H25N5O2/c28-25-24(26(29)33)31-23(16-30-25)15-21-12-7-13-22(14-21)27(34)32(17-19-8-3-1-4-9-19)18-20-10-5-2-6-11-20/h1-14,16H,15,17-18H2,(H2,28,30)(H2,29,33). The van der Waals surface area contributed by atoms with E-state index < -0.39 is 5.91 Å². The van der Waals surface area contributed by atoms with Crippen LogP contribution in [-0.2, 0) is 19.5 Å². The van der Waals surface area contributed by atoms with Crippen molar-refractivity contribution >= 4 is 17.6 Å². The topological polar surface area (TPSA) is 115 Å². The molecule has 7 nitrogen and oxygen atoms in total. The maximum absolute atomic E-state index is 13.6. The van der Waals surface area contributed by atoms with Crippen molar-refractivity contribution in [3.8, 4) is 0 Å². The fourth-order valence-corrected chi connectivity index (χ4v) is 3.71. The van der Waals surface area contributed by atoms with E-state index in [-0.39, 0.29) is 17.4 Å². The molecule has 0 spiro atoms. The van der Waals surface area contributed by atoms with E-state index >= 15 is 0 Å². The number of benzene rings is 3. The van der Waals surface area contributed by atoms with E-state index in [1.165, 1.54) is 6.20 Å². The van der Waals surface area contributed by atoms with Gasteiger partial charge in [-0.2, -0.15) is 0 Å². The molecule has 0 atom stereocenters. The molecule has 0 aliphatic rings. The molecule has 0 aliphatic carbocycles. The molecule has 0 aliphatic heterocycles. The molecule has 34 heavy (non-hydrogen) atoms. The lowest BCUT2D eigenvalue weighted by Gasteiger charge is -2.23. The summed E-state index contributed by atoms with van der Waals surface area (Å²) >= 11 is 0. The molecule has 4 aromatic rings. The number of nitrogen functional groups attached to an aromatic ring is 1. The highest BCUT2D eigenvalue weighted by molar-refractivity contribution is 5.95. The molecule has 1 aromatic heterocycles. The van der Waals surface area contributed by atoms with Crippen LogP contribution in [0.15, 0.2) is 91.1 Å². The first-order valence-corrected chi connectivity index (χ1v) is 10.9. The highest BCUT2D eigenvalue weighted by Crippen LogP contribution is 2.17. The number of anilines is 1. The Hall–Kier alpha value is -4.52. The molecule has 3 aromatic carbocycles. The normalized spacial score (nSPS) is 10.6. The molecule has 0 bridgehead atoms. The van der Waals surface area contributed by atoms with Crippen LogP contribution in [0, 0.1) is 0 Å². The van der Waals surface area contributed by atoms with E-state index in [2.05, 4.69) is 9.97 Å². The van der Waals surface area contributed by atoms with Crippen LogP contribution in [0.1, 0.15) is 43.2 Å². The van der Waals surface area contributed by atoms with Gasteiger partial charge in [-0.3, -0.25) is 9.59 Å². The summed E-state index contributed by atoms with van der Waals surface area (Å²) in [4.78, 5) is 35.2. The molecule has 0 fully saturated rings. The fraction of sp³-hybridized carbons (Fsp3) is 0.111. The van der Waals surface area contributed by atoms with Gasteiger partial charge in [-0.1, -0.05) is 72.8 Å². The van der Waals surface area contributed by atoms with E-state index in [0.717, 1.165) is 16.7 Å². The van der Waals surface area contributed by atoms with Crippen molar-refractivity contribution in [1.29, 1.82) is 0 Å².